The van der Waals surface area contributed by atoms with Gasteiger partial charge in [-0.3, -0.25) is 4.68 Å². The van der Waals surface area contributed by atoms with Gasteiger partial charge in [0.15, 0.2) is 5.75 Å². The molecule has 15 heavy (non-hydrogen) atoms. The van der Waals surface area contributed by atoms with E-state index in [1.807, 2.05) is 10.9 Å². The molecule has 1 aliphatic rings. The Balaban J connectivity index is 1.98. The maximum atomic E-state index is 5.93. The van der Waals surface area contributed by atoms with Crippen molar-refractivity contribution < 1.29 is 4.74 Å². The molecule has 0 radical (unpaired) electrons. The van der Waals surface area contributed by atoms with Gasteiger partial charge in [-0.05, 0) is 6.92 Å². The topological polar surface area (TPSA) is 53.1 Å². The van der Waals surface area contributed by atoms with Gasteiger partial charge in [0.25, 0.3) is 0 Å². The Morgan fingerprint density at radius 3 is 2.87 bits per heavy atom. The highest BCUT2D eigenvalue weighted by Crippen LogP contribution is 2.41. The Morgan fingerprint density at radius 2 is 2.40 bits per heavy atom. The molecule has 0 spiro atoms. The fraction of sp³-hybridized carbons (Fsp3) is 0.727. The summed E-state index contributed by atoms with van der Waals surface area (Å²) in [5.41, 5.74) is 6.01. The molecular formula is C11H19N3O. The monoisotopic (exact) mass is 209 g/mol. The predicted molar refractivity (Wildman–Crippen MR) is 58.7 cm³/mol. The first kappa shape index (κ1) is 10.5. The van der Waals surface area contributed by atoms with Crippen molar-refractivity contribution in [3.8, 4) is 5.75 Å². The lowest BCUT2D eigenvalue weighted by Gasteiger charge is -2.49. The van der Waals surface area contributed by atoms with Gasteiger partial charge in [-0.25, -0.2) is 0 Å². The zero-order chi connectivity index (χ0) is 11.1. The molecule has 1 aromatic heterocycles. The van der Waals surface area contributed by atoms with Crippen molar-refractivity contribution in [2.24, 2.45) is 11.1 Å². The molecule has 1 fully saturated rings. The SMILES string of the molecule is CCn1cc(OC2CC(N)C2(C)C)cn1. The van der Waals surface area contributed by atoms with Crippen LogP contribution in [0.5, 0.6) is 5.75 Å². The van der Waals surface area contributed by atoms with Gasteiger partial charge < -0.3 is 10.5 Å². The third-order valence-corrected chi connectivity index (χ3v) is 3.47. The molecule has 2 rings (SSSR count). The molecule has 0 aromatic carbocycles. The molecule has 4 heteroatoms. The number of nitrogens with zero attached hydrogens (tertiary/aromatic N) is 2. The van der Waals surface area contributed by atoms with Gasteiger partial charge >= 0.3 is 0 Å². The van der Waals surface area contributed by atoms with Crippen LogP contribution in [0.25, 0.3) is 0 Å². The van der Waals surface area contributed by atoms with Crippen molar-refractivity contribution in [1.29, 1.82) is 0 Å². The Morgan fingerprint density at radius 1 is 1.67 bits per heavy atom. The lowest BCUT2D eigenvalue weighted by Crippen LogP contribution is -2.60. The van der Waals surface area contributed by atoms with Crippen molar-refractivity contribution in [2.45, 2.75) is 45.9 Å². The minimum absolute atomic E-state index is 0.0777. The van der Waals surface area contributed by atoms with E-state index in [0.717, 1.165) is 18.7 Å². The maximum absolute atomic E-state index is 5.93. The molecule has 1 heterocycles. The van der Waals surface area contributed by atoms with Gasteiger partial charge in [-0.2, -0.15) is 5.10 Å². The minimum Gasteiger partial charge on any atom is -0.486 e. The van der Waals surface area contributed by atoms with E-state index >= 15 is 0 Å². The van der Waals surface area contributed by atoms with Crippen LogP contribution in [-0.2, 0) is 6.54 Å². The summed E-state index contributed by atoms with van der Waals surface area (Å²) in [4.78, 5) is 0. The zero-order valence-electron chi connectivity index (χ0n) is 9.60. The third kappa shape index (κ3) is 1.74. The molecule has 0 amide bonds. The summed E-state index contributed by atoms with van der Waals surface area (Å²) in [6.07, 6.45) is 4.86. The molecule has 0 bridgehead atoms. The van der Waals surface area contributed by atoms with Crippen LogP contribution in [0.3, 0.4) is 0 Å². The molecule has 1 saturated carbocycles. The third-order valence-electron chi connectivity index (χ3n) is 3.47. The van der Waals surface area contributed by atoms with E-state index in [-0.39, 0.29) is 17.6 Å². The first-order chi connectivity index (χ1) is 7.04. The van der Waals surface area contributed by atoms with Crippen LogP contribution in [0.15, 0.2) is 12.4 Å². The summed E-state index contributed by atoms with van der Waals surface area (Å²) in [6.45, 7) is 7.23. The van der Waals surface area contributed by atoms with E-state index in [1.165, 1.54) is 0 Å². The highest BCUT2D eigenvalue weighted by atomic mass is 16.5. The molecular weight excluding hydrogens is 190 g/mol. The van der Waals surface area contributed by atoms with E-state index in [0.29, 0.717) is 0 Å². The van der Waals surface area contributed by atoms with E-state index in [9.17, 15) is 0 Å². The molecule has 2 atom stereocenters. The van der Waals surface area contributed by atoms with Crippen LogP contribution in [-0.4, -0.2) is 21.9 Å². The Labute approximate surface area is 90.4 Å². The Kier molecular flexibility index (Phi) is 2.46. The zero-order valence-corrected chi connectivity index (χ0v) is 9.60. The number of hydrogen-bond donors (Lipinski definition) is 1. The first-order valence-electron chi connectivity index (χ1n) is 5.48. The molecule has 84 valence electrons. The van der Waals surface area contributed by atoms with Crippen LogP contribution in [0, 0.1) is 5.41 Å². The minimum atomic E-state index is 0.0777. The summed E-state index contributed by atoms with van der Waals surface area (Å²) >= 11 is 0. The number of aromatic nitrogens is 2. The van der Waals surface area contributed by atoms with Gasteiger partial charge in [-0.15, -0.1) is 0 Å². The first-order valence-corrected chi connectivity index (χ1v) is 5.48. The average Bonchev–Trinajstić information content (AvgIpc) is 2.65. The van der Waals surface area contributed by atoms with Crippen LogP contribution in [0.1, 0.15) is 27.2 Å². The van der Waals surface area contributed by atoms with Crippen molar-refractivity contribution in [3.63, 3.8) is 0 Å². The number of hydrogen-bond acceptors (Lipinski definition) is 3. The van der Waals surface area contributed by atoms with Crippen molar-refractivity contribution in [1.82, 2.24) is 9.78 Å². The second kappa shape index (κ2) is 3.52. The molecule has 4 nitrogen and oxygen atoms in total. The fourth-order valence-corrected chi connectivity index (χ4v) is 1.86. The Bertz CT molecular complexity index is 345. The highest BCUT2D eigenvalue weighted by molar-refractivity contribution is 5.15. The van der Waals surface area contributed by atoms with Crippen molar-refractivity contribution >= 4 is 0 Å². The van der Waals surface area contributed by atoms with E-state index in [2.05, 4.69) is 25.9 Å². The lowest BCUT2D eigenvalue weighted by atomic mass is 9.65. The molecule has 1 aromatic rings. The van der Waals surface area contributed by atoms with Crippen LogP contribution < -0.4 is 10.5 Å². The molecule has 1 aliphatic carbocycles. The molecule has 0 saturated heterocycles. The van der Waals surface area contributed by atoms with E-state index in [4.69, 9.17) is 10.5 Å². The molecule has 2 unspecified atom stereocenters. The summed E-state index contributed by atoms with van der Waals surface area (Å²) < 4.78 is 7.72. The highest BCUT2D eigenvalue weighted by Gasteiger charge is 2.48. The quantitative estimate of drug-likeness (QED) is 0.818. The molecule has 2 N–H and O–H groups in total. The number of ether oxygens (including phenoxy) is 1. The summed E-state index contributed by atoms with van der Waals surface area (Å²) in [7, 11) is 0. The number of rotatable bonds is 3. The van der Waals surface area contributed by atoms with Crippen LogP contribution in [0.4, 0.5) is 0 Å². The van der Waals surface area contributed by atoms with Gasteiger partial charge in [0, 0.05) is 24.4 Å². The standard InChI is InChI=1S/C11H19N3O/c1-4-14-7-8(6-13-14)15-10-5-9(12)11(10,2)3/h6-7,9-10H,4-5,12H2,1-3H3. The van der Waals surface area contributed by atoms with Gasteiger partial charge in [-0.1, -0.05) is 13.8 Å². The summed E-state index contributed by atoms with van der Waals surface area (Å²) in [5, 5.41) is 4.17. The summed E-state index contributed by atoms with van der Waals surface area (Å²) in [6, 6.07) is 0.253. The second-order valence-corrected chi connectivity index (χ2v) is 4.80. The average molecular weight is 209 g/mol. The fourth-order valence-electron chi connectivity index (χ4n) is 1.86. The number of aryl methyl sites for hydroxylation is 1. The maximum Gasteiger partial charge on any atom is 0.157 e. The number of nitrogens with two attached hydrogens (primary N) is 1. The largest absolute Gasteiger partial charge is 0.486 e. The van der Waals surface area contributed by atoms with Gasteiger partial charge in [0.1, 0.15) is 6.10 Å². The van der Waals surface area contributed by atoms with Crippen molar-refractivity contribution in [2.75, 3.05) is 0 Å². The lowest BCUT2D eigenvalue weighted by molar-refractivity contribution is -0.0400. The second-order valence-electron chi connectivity index (χ2n) is 4.80. The van der Waals surface area contributed by atoms with Gasteiger partial charge in [0.05, 0.1) is 12.4 Å². The van der Waals surface area contributed by atoms with E-state index in [1.54, 1.807) is 6.20 Å². The van der Waals surface area contributed by atoms with E-state index < -0.39 is 0 Å². The molecule has 0 aliphatic heterocycles. The van der Waals surface area contributed by atoms with Crippen molar-refractivity contribution in [3.05, 3.63) is 12.4 Å². The normalized spacial score (nSPS) is 28.5. The predicted octanol–water partition coefficient (Wildman–Crippen LogP) is 1.41. The van der Waals surface area contributed by atoms with Gasteiger partial charge in [0.2, 0.25) is 0 Å². The summed E-state index contributed by atoms with van der Waals surface area (Å²) in [5.74, 6) is 0.849. The van der Waals surface area contributed by atoms with Crippen LogP contribution >= 0.6 is 0 Å². The Hall–Kier alpha value is -1.03. The van der Waals surface area contributed by atoms with Crippen LogP contribution in [0.2, 0.25) is 0 Å². The smallest absolute Gasteiger partial charge is 0.157 e.